The molecule has 0 bridgehead atoms. The van der Waals surface area contributed by atoms with Crippen molar-refractivity contribution in [3.63, 3.8) is 0 Å². The summed E-state index contributed by atoms with van der Waals surface area (Å²) in [7, 11) is 0. The molecular formula is C14H22N4O. The van der Waals surface area contributed by atoms with Gasteiger partial charge in [0.15, 0.2) is 0 Å². The lowest BCUT2D eigenvalue weighted by molar-refractivity contribution is 0.0439. The van der Waals surface area contributed by atoms with Crippen LogP contribution >= 0.6 is 0 Å². The molecule has 104 valence electrons. The third kappa shape index (κ3) is 3.67. The molecule has 0 amide bonds. The molecule has 0 spiro atoms. The highest BCUT2D eigenvalue weighted by Gasteiger charge is 2.21. The summed E-state index contributed by atoms with van der Waals surface area (Å²) >= 11 is 0. The highest BCUT2D eigenvalue weighted by Crippen LogP contribution is 2.20. The van der Waals surface area contributed by atoms with Gasteiger partial charge in [0, 0.05) is 31.5 Å². The van der Waals surface area contributed by atoms with Gasteiger partial charge in [0.25, 0.3) is 0 Å². The van der Waals surface area contributed by atoms with Crippen LogP contribution in [-0.2, 0) is 4.74 Å². The summed E-state index contributed by atoms with van der Waals surface area (Å²) < 4.78 is 5.83. The fourth-order valence-electron chi connectivity index (χ4n) is 2.33. The molecule has 5 nitrogen and oxygen atoms in total. The maximum absolute atomic E-state index is 7.48. The first-order chi connectivity index (χ1) is 9.20. The minimum atomic E-state index is 0.0828. The van der Waals surface area contributed by atoms with Gasteiger partial charge in [-0.2, -0.15) is 0 Å². The average molecular weight is 262 g/mol. The Labute approximate surface area is 114 Å². The molecule has 0 saturated carbocycles. The fourth-order valence-corrected chi connectivity index (χ4v) is 2.33. The lowest BCUT2D eigenvalue weighted by atomic mass is 10.1. The van der Waals surface area contributed by atoms with E-state index in [-0.39, 0.29) is 11.9 Å². The smallest absolute Gasteiger partial charge is 0.129 e. The molecule has 1 atom stereocenters. The average Bonchev–Trinajstić information content (AvgIpc) is 2.45. The molecule has 1 aliphatic rings. The molecule has 0 radical (unpaired) electrons. The van der Waals surface area contributed by atoms with Gasteiger partial charge in [-0.15, -0.1) is 0 Å². The van der Waals surface area contributed by atoms with Gasteiger partial charge >= 0.3 is 0 Å². The van der Waals surface area contributed by atoms with E-state index in [1.807, 2.05) is 6.07 Å². The number of aromatic nitrogens is 1. The molecule has 1 aliphatic heterocycles. The van der Waals surface area contributed by atoms with Gasteiger partial charge in [0.05, 0.1) is 6.10 Å². The van der Waals surface area contributed by atoms with E-state index in [2.05, 4.69) is 16.8 Å². The van der Waals surface area contributed by atoms with Crippen molar-refractivity contribution in [2.45, 2.75) is 32.3 Å². The van der Waals surface area contributed by atoms with Gasteiger partial charge in [0.1, 0.15) is 11.7 Å². The molecule has 3 N–H and O–H groups in total. The Balaban J connectivity index is 2.04. The minimum absolute atomic E-state index is 0.0828. The summed E-state index contributed by atoms with van der Waals surface area (Å²) in [6.45, 7) is 4.80. The first-order valence-corrected chi connectivity index (χ1v) is 6.87. The largest absolute Gasteiger partial charge is 0.384 e. The van der Waals surface area contributed by atoms with Crippen molar-refractivity contribution in [1.29, 1.82) is 5.41 Å². The first-order valence-electron chi connectivity index (χ1n) is 6.87. The van der Waals surface area contributed by atoms with Crippen molar-refractivity contribution < 1.29 is 4.74 Å². The highest BCUT2D eigenvalue weighted by molar-refractivity contribution is 5.95. The second-order valence-corrected chi connectivity index (χ2v) is 4.90. The zero-order valence-electron chi connectivity index (χ0n) is 11.4. The number of amidine groups is 1. The second kappa shape index (κ2) is 6.52. The van der Waals surface area contributed by atoms with E-state index in [1.54, 1.807) is 12.3 Å². The Morgan fingerprint density at radius 1 is 1.63 bits per heavy atom. The third-order valence-corrected chi connectivity index (χ3v) is 3.32. The highest BCUT2D eigenvalue weighted by atomic mass is 16.5. The van der Waals surface area contributed by atoms with Crippen molar-refractivity contribution in [3.8, 4) is 0 Å². The number of nitrogens with two attached hydrogens (primary N) is 1. The monoisotopic (exact) mass is 262 g/mol. The Morgan fingerprint density at radius 2 is 2.47 bits per heavy atom. The summed E-state index contributed by atoms with van der Waals surface area (Å²) in [6.07, 6.45) is 5.27. The number of nitrogen functional groups attached to an aromatic ring is 1. The van der Waals surface area contributed by atoms with Crippen molar-refractivity contribution >= 4 is 11.7 Å². The van der Waals surface area contributed by atoms with Crippen molar-refractivity contribution in [2.75, 3.05) is 24.6 Å². The lowest BCUT2D eigenvalue weighted by Crippen LogP contribution is -2.40. The first kappa shape index (κ1) is 13.8. The van der Waals surface area contributed by atoms with Gasteiger partial charge in [0.2, 0.25) is 0 Å². The Morgan fingerprint density at radius 3 is 3.21 bits per heavy atom. The molecule has 2 rings (SSSR count). The Kier molecular flexibility index (Phi) is 4.74. The van der Waals surface area contributed by atoms with E-state index in [0.29, 0.717) is 0 Å². The molecule has 5 heteroatoms. The predicted molar refractivity (Wildman–Crippen MR) is 76.7 cm³/mol. The van der Waals surface area contributed by atoms with Gasteiger partial charge in [-0.05, 0) is 31.4 Å². The predicted octanol–water partition coefficient (Wildman–Crippen LogP) is 1.76. The zero-order valence-corrected chi connectivity index (χ0v) is 11.4. The van der Waals surface area contributed by atoms with E-state index in [4.69, 9.17) is 15.9 Å². The summed E-state index contributed by atoms with van der Waals surface area (Å²) in [6, 6.07) is 3.64. The minimum Gasteiger partial charge on any atom is -0.384 e. The fraction of sp³-hybridized carbons (Fsp3) is 0.571. The Bertz CT molecular complexity index is 435. The van der Waals surface area contributed by atoms with Crippen LogP contribution in [0.1, 0.15) is 31.7 Å². The molecule has 0 aromatic carbocycles. The number of rotatable bonds is 5. The summed E-state index contributed by atoms with van der Waals surface area (Å²) in [5, 5.41) is 7.48. The second-order valence-electron chi connectivity index (χ2n) is 4.90. The maximum Gasteiger partial charge on any atom is 0.129 e. The molecule has 1 unspecified atom stereocenters. The van der Waals surface area contributed by atoms with E-state index in [9.17, 15) is 0 Å². The number of hydrogen-bond donors (Lipinski definition) is 2. The van der Waals surface area contributed by atoms with Crippen LogP contribution in [-0.4, -0.2) is 36.6 Å². The van der Waals surface area contributed by atoms with Crippen LogP contribution in [0.15, 0.2) is 18.3 Å². The summed E-state index contributed by atoms with van der Waals surface area (Å²) in [4.78, 5) is 6.60. The number of piperidine rings is 1. The van der Waals surface area contributed by atoms with Crippen LogP contribution < -0.4 is 10.6 Å². The van der Waals surface area contributed by atoms with Crippen molar-refractivity contribution in [2.24, 2.45) is 5.73 Å². The van der Waals surface area contributed by atoms with E-state index >= 15 is 0 Å². The zero-order chi connectivity index (χ0) is 13.7. The molecule has 1 aromatic rings. The number of hydrogen-bond acceptors (Lipinski definition) is 4. The molecule has 2 heterocycles. The number of ether oxygens (including phenoxy) is 1. The maximum atomic E-state index is 7.48. The quantitative estimate of drug-likeness (QED) is 0.626. The standard InChI is InChI=1S/C14H22N4O/c1-2-8-19-12-4-3-7-18(10-12)13-9-11(14(15)16)5-6-17-13/h5-6,9,12H,2-4,7-8,10H2,1H3,(H3,15,16). The van der Waals surface area contributed by atoms with Crippen LogP contribution in [0.5, 0.6) is 0 Å². The van der Waals surface area contributed by atoms with Crippen LogP contribution in [0.2, 0.25) is 0 Å². The number of anilines is 1. The number of nitrogens with zero attached hydrogens (tertiary/aromatic N) is 2. The molecular weight excluding hydrogens is 240 g/mol. The molecule has 19 heavy (non-hydrogen) atoms. The molecule has 0 aliphatic carbocycles. The van der Waals surface area contributed by atoms with Crippen LogP contribution in [0.4, 0.5) is 5.82 Å². The van der Waals surface area contributed by atoms with E-state index in [0.717, 1.165) is 50.3 Å². The van der Waals surface area contributed by atoms with Crippen molar-refractivity contribution in [3.05, 3.63) is 23.9 Å². The van der Waals surface area contributed by atoms with E-state index < -0.39 is 0 Å². The van der Waals surface area contributed by atoms with Gasteiger partial charge < -0.3 is 15.4 Å². The van der Waals surface area contributed by atoms with Crippen molar-refractivity contribution in [1.82, 2.24) is 4.98 Å². The third-order valence-electron chi connectivity index (χ3n) is 3.32. The van der Waals surface area contributed by atoms with Crippen LogP contribution in [0, 0.1) is 5.41 Å². The molecule has 1 fully saturated rings. The van der Waals surface area contributed by atoms with Gasteiger partial charge in [-0.1, -0.05) is 6.92 Å². The van der Waals surface area contributed by atoms with Gasteiger partial charge in [-0.3, -0.25) is 5.41 Å². The topological polar surface area (TPSA) is 75.2 Å². The normalized spacial score (nSPS) is 19.4. The Hall–Kier alpha value is -1.62. The molecule has 1 saturated heterocycles. The van der Waals surface area contributed by atoms with Crippen LogP contribution in [0.3, 0.4) is 0 Å². The SMILES string of the molecule is CCCOC1CCCN(c2cc(C(=N)N)ccn2)C1. The summed E-state index contributed by atoms with van der Waals surface area (Å²) in [5.74, 6) is 0.969. The van der Waals surface area contributed by atoms with E-state index in [1.165, 1.54) is 0 Å². The lowest BCUT2D eigenvalue weighted by Gasteiger charge is -2.33. The number of pyridine rings is 1. The summed E-state index contributed by atoms with van der Waals surface area (Å²) in [5.41, 5.74) is 6.24. The molecule has 1 aromatic heterocycles. The van der Waals surface area contributed by atoms with Crippen LogP contribution in [0.25, 0.3) is 0 Å². The van der Waals surface area contributed by atoms with Gasteiger partial charge in [-0.25, -0.2) is 4.98 Å². The number of nitrogens with one attached hydrogen (secondary N) is 1.